The highest BCUT2D eigenvalue weighted by Gasteiger charge is 2.23. The Bertz CT molecular complexity index is 476. The van der Waals surface area contributed by atoms with Crippen molar-refractivity contribution in [2.75, 3.05) is 6.61 Å². The van der Waals surface area contributed by atoms with Crippen LogP contribution in [0, 0.1) is 17.8 Å². The lowest BCUT2D eigenvalue weighted by molar-refractivity contribution is -0.145. The molecule has 0 fully saturated rings. The van der Waals surface area contributed by atoms with Crippen molar-refractivity contribution in [3.05, 3.63) is 0 Å². The first-order chi connectivity index (χ1) is 16.5. The van der Waals surface area contributed by atoms with Crippen LogP contribution in [0.4, 0.5) is 0 Å². The van der Waals surface area contributed by atoms with Crippen molar-refractivity contribution in [3.8, 4) is 0 Å². The van der Waals surface area contributed by atoms with Gasteiger partial charge in [0.1, 0.15) is 0 Å². The Labute approximate surface area is 212 Å². The van der Waals surface area contributed by atoms with Crippen LogP contribution in [-0.2, 0) is 14.3 Å². The van der Waals surface area contributed by atoms with Gasteiger partial charge in [-0.15, -0.1) is 0 Å². The average molecular weight is 483 g/mol. The van der Waals surface area contributed by atoms with Crippen LogP contribution in [0.1, 0.15) is 156 Å². The molecule has 0 amide bonds. The lowest BCUT2D eigenvalue weighted by Crippen LogP contribution is -2.21. The number of unbranched alkanes of at least 4 members (excludes halogenated alkanes) is 12. The summed E-state index contributed by atoms with van der Waals surface area (Å²) in [4.78, 5) is 23.7. The topological polar surface area (TPSA) is 63.6 Å². The standard InChI is InChI=1S/C30H58O4/c1-5-8-10-11-12-13-16-19-23-28(30(32)33)26(4)21-18-15-14-17-20-24-29(31)34-25-27(7-3)22-9-6-2/h26-28H,5-25H2,1-4H3,(H,32,33). The van der Waals surface area contributed by atoms with Gasteiger partial charge in [0, 0.05) is 6.42 Å². The van der Waals surface area contributed by atoms with Crippen molar-refractivity contribution < 1.29 is 19.4 Å². The molecule has 3 atom stereocenters. The van der Waals surface area contributed by atoms with E-state index >= 15 is 0 Å². The van der Waals surface area contributed by atoms with Gasteiger partial charge in [0.2, 0.25) is 0 Å². The van der Waals surface area contributed by atoms with Gasteiger partial charge in [0.05, 0.1) is 12.5 Å². The van der Waals surface area contributed by atoms with Crippen LogP contribution in [-0.4, -0.2) is 23.7 Å². The Morgan fingerprint density at radius 3 is 1.76 bits per heavy atom. The fourth-order valence-electron chi connectivity index (χ4n) is 4.80. The van der Waals surface area contributed by atoms with Crippen LogP contribution in [0.2, 0.25) is 0 Å². The van der Waals surface area contributed by atoms with E-state index in [9.17, 15) is 14.7 Å². The third-order valence-electron chi connectivity index (χ3n) is 7.44. The molecule has 0 aromatic rings. The maximum atomic E-state index is 12.0. The number of esters is 1. The second-order valence-corrected chi connectivity index (χ2v) is 10.6. The molecule has 3 unspecified atom stereocenters. The Kier molecular flexibility index (Phi) is 22.9. The van der Waals surface area contributed by atoms with Gasteiger partial charge in [-0.05, 0) is 37.5 Å². The third-order valence-corrected chi connectivity index (χ3v) is 7.44. The van der Waals surface area contributed by atoms with Gasteiger partial charge in [0.25, 0.3) is 0 Å². The Morgan fingerprint density at radius 2 is 1.21 bits per heavy atom. The van der Waals surface area contributed by atoms with E-state index in [2.05, 4.69) is 27.7 Å². The van der Waals surface area contributed by atoms with Crippen molar-refractivity contribution in [3.63, 3.8) is 0 Å². The van der Waals surface area contributed by atoms with E-state index < -0.39 is 5.97 Å². The molecule has 0 saturated carbocycles. The molecule has 0 bridgehead atoms. The van der Waals surface area contributed by atoms with Crippen LogP contribution in [0.3, 0.4) is 0 Å². The number of ether oxygens (including phenoxy) is 1. The van der Waals surface area contributed by atoms with Gasteiger partial charge in [-0.1, -0.05) is 124 Å². The largest absolute Gasteiger partial charge is 0.481 e. The number of carboxylic acids is 1. The minimum absolute atomic E-state index is 0.0474. The highest BCUT2D eigenvalue weighted by Crippen LogP contribution is 2.25. The molecule has 0 heterocycles. The minimum atomic E-state index is -0.617. The van der Waals surface area contributed by atoms with Crippen LogP contribution >= 0.6 is 0 Å². The molecule has 34 heavy (non-hydrogen) atoms. The molecule has 4 heteroatoms. The molecule has 0 aliphatic carbocycles. The summed E-state index contributed by atoms with van der Waals surface area (Å²) in [5.41, 5.74) is 0. The van der Waals surface area contributed by atoms with Crippen molar-refractivity contribution >= 4 is 11.9 Å². The molecule has 0 rings (SSSR count). The molecule has 0 radical (unpaired) electrons. The quantitative estimate of drug-likeness (QED) is 0.104. The molecule has 0 aromatic heterocycles. The highest BCUT2D eigenvalue weighted by atomic mass is 16.5. The molecule has 0 aliphatic rings. The number of carboxylic acid groups (broad SMARTS) is 1. The monoisotopic (exact) mass is 482 g/mol. The first kappa shape index (κ1) is 32.9. The summed E-state index contributed by atoms with van der Waals surface area (Å²) in [7, 11) is 0. The van der Waals surface area contributed by atoms with Gasteiger partial charge in [-0.25, -0.2) is 0 Å². The SMILES string of the molecule is CCCCCCCCCCC(C(=O)O)C(C)CCCCCCCC(=O)OCC(CC)CCCC. The molecule has 4 nitrogen and oxygen atoms in total. The van der Waals surface area contributed by atoms with Crippen LogP contribution in [0.15, 0.2) is 0 Å². The fourth-order valence-corrected chi connectivity index (χ4v) is 4.80. The minimum Gasteiger partial charge on any atom is -0.481 e. The van der Waals surface area contributed by atoms with E-state index in [0.717, 1.165) is 64.2 Å². The predicted octanol–water partition coefficient (Wildman–Crippen LogP) is 9.34. The summed E-state index contributed by atoms with van der Waals surface area (Å²) in [6.07, 6.45) is 22.3. The molecule has 0 aromatic carbocycles. The normalized spacial score (nSPS) is 14.0. The van der Waals surface area contributed by atoms with Crippen molar-refractivity contribution in [2.24, 2.45) is 17.8 Å². The lowest BCUT2D eigenvalue weighted by atomic mass is 9.85. The maximum Gasteiger partial charge on any atom is 0.306 e. The first-order valence-electron chi connectivity index (χ1n) is 14.8. The Morgan fingerprint density at radius 1 is 0.676 bits per heavy atom. The lowest BCUT2D eigenvalue weighted by Gasteiger charge is -2.20. The highest BCUT2D eigenvalue weighted by molar-refractivity contribution is 5.70. The number of rotatable bonds is 25. The van der Waals surface area contributed by atoms with Gasteiger partial charge in [0.15, 0.2) is 0 Å². The molecular weight excluding hydrogens is 424 g/mol. The van der Waals surface area contributed by atoms with Crippen LogP contribution in [0.25, 0.3) is 0 Å². The number of carbonyl (C=O) groups excluding carboxylic acids is 1. The zero-order chi connectivity index (χ0) is 25.4. The molecule has 202 valence electrons. The summed E-state index contributed by atoms with van der Waals surface area (Å²) in [6.45, 7) is 9.30. The van der Waals surface area contributed by atoms with E-state index in [0.29, 0.717) is 18.9 Å². The first-order valence-corrected chi connectivity index (χ1v) is 14.8. The Hall–Kier alpha value is -1.06. The average Bonchev–Trinajstić information content (AvgIpc) is 2.82. The fraction of sp³-hybridized carbons (Fsp3) is 0.933. The number of hydrogen-bond acceptors (Lipinski definition) is 3. The van der Waals surface area contributed by atoms with E-state index in [1.807, 2.05) is 0 Å². The van der Waals surface area contributed by atoms with Crippen molar-refractivity contribution in [2.45, 2.75) is 156 Å². The smallest absolute Gasteiger partial charge is 0.306 e. The number of carbonyl (C=O) groups is 2. The second kappa shape index (κ2) is 23.7. The van der Waals surface area contributed by atoms with E-state index in [1.54, 1.807) is 0 Å². The van der Waals surface area contributed by atoms with Gasteiger partial charge < -0.3 is 9.84 Å². The molecule has 0 aliphatic heterocycles. The number of hydrogen-bond donors (Lipinski definition) is 1. The Balaban J connectivity index is 3.80. The summed E-state index contributed by atoms with van der Waals surface area (Å²) in [5.74, 6) is -0.103. The molecule has 1 N–H and O–H groups in total. The molecule has 0 saturated heterocycles. The summed E-state index contributed by atoms with van der Waals surface area (Å²) >= 11 is 0. The third kappa shape index (κ3) is 19.3. The van der Waals surface area contributed by atoms with Gasteiger partial charge in [-0.2, -0.15) is 0 Å². The zero-order valence-electron chi connectivity index (χ0n) is 23.3. The molecule has 0 spiro atoms. The van der Waals surface area contributed by atoms with E-state index in [-0.39, 0.29) is 17.8 Å². The van der Waals surface area contributed by atoms with Crippen molar-refractivity contribution in [1.29, 1.82) is 0 Å². The summed E-state index contributed by atoms with van der Waals surface area (Å²) in [5, 5.41) is 9.66. The predicted molar refractivity (Wildman–Crippen MR) is 144 cm³/mol. The van der Waals surface area contributed by atoms with Gasteiger partial charge >= 0.3 is 11.9 Å². The maximum absolute atomic E-state index is 12.0. The van der Waals surface area contributed by atoms with E-state index in [4.69, 9.17) is 4.74 Å². The van der Waals surface area contributed by atoms with Crippen molar-refractivity contribution in [1.82, 2.24) is 0 Å². The number of aliphatic carboxylic acids is 1. The van der Waals surface area contributed by atoms with E-state index in [1.165, 1.54) is 57.8 Å². The second-order valence-electron chi connectivity index (χ2n) is 10.6. The van der Waals surface area contributed by atoms with Gasteiger partial charge in [-0.3, -0.25) is 9.59 Å². The summed E-state index contributed by atoms with van der Waals surface area (Å²) < 4.78 is 5.47. The van der Waals surface area contributed by atoms with Crippen LogP contribution in [0.5, 0.6) is 0 Å². The van der Waals surface area contributed by atoms with Crippen LogP contribution < -0.4 is 0 Å². The summed E-state index contributed by atoms with van der Waals surface area (Å²) in [6, 6.07) is 0. The molecular formula is C30H58O4. The zero-order valence-corrected chi connectivity index (χ0v) is 23.3.